The third kappa shape index (κ3) is 4.94. The fourth-order valence-corrected chi connectivity index (χ4v) is 3.43. The summed E-state index contributed by atoms with van der Waals surface area (Å²) in [5.41, 5.74) is 0.624. The maximum atomic E-state index is 14.1. The van der Waals surface area contributed by atoms with E-state index < -0.39 is 8.32 Å². The molecule has 1 fully saturated rings. The Morgan fingerprint density at radius 1 is 1.17 bits per heavy atom. The average molecular weight is 355 g/mol. The van der Waals surface area contributed by atoms with Crippen LogP contribution >= 0.6 is 0 Å². The van der Waals surface area contributed by atoms with Crippen molar-refractivity contribution in [1.82, 2.24) is 5.32 Å². The number of nitrogens with one attached hydrogen (secondary N) is 1. The Morgan fingerprint density at radius 2 is 1.83 bits per heavy atom. The summed E-state index contributed by atoms with van der Waals surface area (Å²) in [6, 6.07) is 4.97. The molecule has 1 aliphatic heterocycles. The summed E-state index contributed by atoms with van der Waals surface area (Å²) in [6.07, 6.45) is 0. The fourth-order valence-electron chi connectivity index (χ4n) is 2.40. The molecule has 1 aliphatic rings. The first-order valence-corrected chi connectivity index (χ1v) is 11.6. The van der Waals surface area contributed by atoms with E-state index >= 15 is 0 Å². The molecule has 1 aromatic rings. The van der Waals surface area contributed by atoms with Gasteiger partial charge in [0.15, 0.2) is 8.32 Å². The first-order chi connectivity index (χ1) is 11.2. The molecule has 1 aromatic carbocycles. The summed E-state index contributed by atoms with van der Waals surface area (Å²) >= 11 is 0. The molecule has 0 bridgehead atoms. The Labute approximate surface area is 146 Å². The van der Waals surface area contributed by atoms with Gasteiger partial charge in [-0.25, -0.2) is 4.39 Å². The van der Waals surface area contributed by atoms with E-state index in [2.05, 4.69) is 44.1 Å². The maximum absolute atomic E-state index is 14.1. The number of anilines is 1. The third-order valence-corrected chi connectivity index (χ3v) is 9.53. The molecule has 1 saturated heterocycles. The maximum Gasteiger partial charge on any atom is 0.192 e. The topological polar surface area (TPSA) is 33.7 Å². The van der Waals surface area contributed by atoms with Gasteiger partial charge >= 0.3 is 0 Å². The van der Waals surface area contributed by atoms with Gasteiger partial charge in [-0.2, -0.15) is 0 Å². The number of rotatable bonds is 6. The van der Waals surface area contributed by atoms with Crippen LogP contribution in [-0.2, 0) is 4.43 Å². The molecule has 1 N–H and O–H groups in total. The highest BCUT2D eigenvalue weighted by Crippen LogP contribution is 2.36. The smallest absolute Gasteiger partial charge is 0.192 e. The van der Waals surface area contributed by atoms with Crippen LogP contribution in [0, 0.1) is 5.82 Å². The Bertz CT molecular complexity index is 540. The second-order valence-corrected chi connectivity index (χ2v) is 12.6. The quantitative estimate of drug-likeness (QED) is 0.625. The van der Waals surface area contributed by atoms with Gasteiger partial charge < -0.3 is 19.4 Å². The van der Waals surface area contributed by atoms with Gasteiger partial charge in [-0.15, -0.1) is 0 Å². The molecule has 0 radical (unpaired) electrons. The first-order valence-electron chi connectivity index (χ1n) is 8.73. The molecule has 0 saturated carbocycles. The molecule has 2 rings (SSSR count). The highest BCUT2D eigenvalue weighted by molar-refractivity contribution is 6.74. The number of hydrogen-bond donors (Lipinski definition) is 1. The highest BCUT2D eigenvalue weighted by Gasteiger charge is 2.36. The van der Waals surface area contributed by atoms with Gasteiger partial charge in [-0.1, -0.05) is 20.8 Å². The molecule has 0 aromatic heterocycles. The molecule has 24 heavy (non-hydrogen) atoms. The summed E-state index contributed by atoms with van der Waals surface area (Å²) in [5.74, 6) is 0.505. The van der Waals surface area contributed by atoms with Crippen molar-refractivity contribution in [2.75, 3.05) is 44.3 Å². The molecule has 4 nitrogen and oxygen atoms in total. The van der Waals surface area contributed by atoms with Crippen molar-refractivity contribution < 1.29 is 13.6 Å². The van der Waals surface area contributed by atoms with Crippen LogP contribution in [0.3, 0.4) is 0 Å². The molecule has 0 aliphatic carbocycles. The Balaban J connectivity index is 1.89. The van der Waals surface area contributed by atoms with Crippen molar-refractivity contribution in [2.24, 2.45) is 0 Å². The van der Waals surface area contributed by atoms with Gasteiger partial charge in [0.2, 0.25) is 0 Å². The minimum atomic E-state index is -1.74. The van der Waals surface area contributed by atoms with Crippen LogP contribution in [0.5, 0.6) is 5.75 Å². The van der Waals surface area contributed by atoms with Crippen molar-refractivity contribution in [3.8, 4) is 5.75 Å². The van der Waals surface area contributed by atoms with Gasteiger partial charge in [0, 0.05) is 32.2 Å². The van der Waals surface area contributed by atoms with Crippen LogP contribution < -0.4 is 15.0 Å². The van der Waals surface area contributed by atoms with Gasteiger partial charge in [0.25, 0.3) is 0 Å². The SMILES string of the molecule is CC(C)(C)[Si](C)(C)OCCOc1ccc(F)c(N2CCNCC2)c1. The predicted molar refractivity (Wildman–Crippen MR) is 100 cm³/mol. The van der Waals surface area contributed by atoms with Crippen LogP contribution in [0.1, 0.15) is 20.8 Å². The number of hydrogen-bond acceptors (Lipinski definition) is 4. The van der Waals surface area contributed by atoms with Crippen molar-refractivity contribution in [3.63, 3.8) is 0 Å². The monoisotopic (exact) mass is 354 g/mol. The van der Waals surface area contributed by atoms with Crippen LogP contribution in [0.2, 0.25) is 18.1 Å². The highest BCUT2D eigenvalue weighted by atomic mass is 28.4. The Morgan fingerprint density at radius 3 is 2.46 bits per heavy atom. The van der Waals surface area contributed by atoms with Crippen LogP contribution in [-0.4, -0.2) is 47.7 Å². The minimum absolute atomic E-state index is 0.193. The van der Waals surface area contributed by atoms with Crippen LogP contribution in [0.25, 0.3) is 0 Å². The molecule has 0 atom stereocenters. The third-order valence-electron chi connectivity index (χ3n) is 5.00. The van der Waals surface area contributed by atoms with Gasteiger partial charge in [0.1, 0.15) is 18.2 Å². The standard InChI is InChI=1S/C18H31FN2O2Si/c1-18(2,3)24(4,5)23-13-12-22-15-6-7-16(19)17(14-15)21-10-8-20-9-11-21/h6-7,14,20H,8-13H2,1-5H3. The Hall–Kier alpha value is -1.11. The number of nitrogens with zero attached hydrogens (tertiary/aromatic N) is 1. The molecule has 136 valence electrons. The summed E-state index contributed by atoms with van der Waals surface area (Å²) < 4.78 is 26.0. The molecule has 0 amide bonds. The zero-order chi connectivity index (χ0) is 17.8. The Kier molecular flexibility index (Phi) is 6.28. The summed E-state index contributed by atoms with van der Waals surface area (Å²) in [6.45, 7) is 15.6. The van der Waals surface area contributed by atoms with E-state index in [1.165, 1.54) is 6.07 Å². The zero-order valence-electron chi connectivity index (χ0n) is 15.6. The molecular weight excluding hydrogens is 323 g/mol. The predicted octanol–water partition coefficient (Wildman–Crippen LogP) is 3.64. The molecule has 0 spiro atoms. The van der Waals surface area contributed by atoms with Gasteiger partial charge in [0.05, 0.1) is 12.3 Å². The molecule has 1 heterocycles. The zero-order valence-corrected chi connectivity index (χ0v) is 16.6. The second-order valence-electron chi connectivity index (χ2n) is 7.81. The molecule has 0 unspecified atom stereocenters. The van der Waals surface area contributed by atoms with E-state index in [-0.39, 0.29) is 10.9 Å². The summed E-state index contributed by atoms with van der Waals surface area (Å²) in [5, 5.41) is 3.47. The van der Waals surface area contributed by atoms with E-state index in [1.807, 2.05) is 0 Å². The molecular formula is C18H31FN2O2Si. The van der Waals surface area contributed by atoms with Crippen LogP contribution in [0.4, 0.5) is 10.1 Å². The van der Waals surface area contributed by atoms with Crippen molar-refractivity contribution in [2.45, 2.75) is 38.9 Å². The lowest BCUT2D eigenvalue weighted by Gasteiger charge is -2.36. The van der Waals surface area contributed by atoms with Crippen molar-refractivity contribution in [1.29, 1.82) is 0 Å². The van der Waals surface area contributed by atoms with Crippen molar-refractivity contribution >= 4 is 14.0 Å². The number of halogens is 1. The van der Waals surface area contributed by atoms with E-state index in [9.17, 15) is 4.39 Å². The van der Waals surface area contributed by atoms with Gasteiger partial charge in [-0.3, -0.25) is 0 Å². The normalized spacial score (nSPS) is 16.3. The number of ether oxygens (including phenoxy) is 1. The lowest BCUT2D eigenvalue weighted by atomic mass is 10.2. The number of benzene rings is 1. The largest absolute Gasteiger partial charge is 0.491 e. The molecule has 6 heteroatoms. The minimum Gasteiger partial charge on any atom is -0.491 e. The fraction of sp³-hybridized carbons (Fsp3) is 0.667. The lowest BCUT2D eigenvalue weighted by Crippen LogP contribution is -2.43. The van der Waals surface area contributed by atoms with E-state index in [1.54, 1.807) is 12.1 Å². The van der Waals surface area contributed by atoms with E-state index in [4.69, 9.17) is 9.16 Å². The van der Waals surface area contributed by atoms with E-state index in [0.717, 1.165) is 26.2 Å². The lowest BCUT2D eigenvalue weighted by molar-refractivity contribution is 0.203. The average Bonchev–Trinajstić information content (AvgIpc) is 2.53. The summed E-state index contributed by atoms with van der Waals surface area (Å²) in [4.78, 5) is 2.06. The summed E-state index contributed by atoms with van der Waals surface area (Å²) in [7, 11) is -1.74. The number of piperazine rings is 1. The van der Waals surface area contributed by atoms with Crippen LogP contribution in [0.15, 0.2) is 18.2 Å². The van der Waals surface area contributed by atoms with Gasteiger partial charge in [-0.05, 0) is 30.3 Å². The second kappa shape index (κ2) is 7.85. The first kappa shape index (κ1) is 19.2. The van der Waals surface area contributed by atoms with E-state index in [0.29, 0.717) is 24.7 Å². The van der Waals surface area contributed by atoms with Crippen molar-refractivity contribution in [3.05, 3.63) is 24.0 Å².